The van der Waals surface area contributed by atoms with Crippen molar-refractivity contribution in [2.75, 3.05) is 5.75 Å². The van der Waals surface area contributed by atoms with E-state index in [0.29, 0.717) is 6.42 Å². The molecule has 0 aliphatic rings. The summed E-state index contributed by atoms with van der Waals surface area (Å²) in [4.78, 5) is 0. The second kappa shape index (κ2) is 10.9. The molecule has 0 aliphatic heterocycles. The van der Waals surface area contributed by atoms with Crippen molar-refractivity contribution in [3.63, 3.8) is 0 Å². The Hall–Kier alpha value is -0.920. The molecule has 0 saturated heterocycles. The normalized spacial score (nSPS) is 12.1. The zero-order chi connectivity index (χ0) is 18.0. The first-order valence-corrected chi connectivity index (χ1v) is 13.5. The number of hydrogen-bond donors (Lipinski definition) is 0. The first-order chi connectivity index (χ1) is 12.1. The predicted octanol–water partition coefficient (Wildman–Crippen LogP) is 5.85. The molecule has 25 heavy (non-hydrogen) atoms. The zero-order valence-corrected chi connectivity index (χ0v) is 17.7. The van der Waals surface area contributed by atoms with Crippen molar-refractivity contribution in [1.29, 1.82) is 0 Å². The van der Waals surface area contributed by atoms with Gasteiger partial charge in [-0.25, -0.2) is 0 Å². The monoisotopic (exact) mass is 474 g/mol. The molecule has 0 unspecified atom stereocenters. The number of halogens is 1. The van der Waals surface area contributed by atoms with Crippen LogP contribution in [0.5, 0.6) is 0 Å². The Morgan fingerprint density at radius 1 is 0.760 bits per heavy atom. The molecule has 0 aromatic heterocycles. The minimum absolute atomic E-state index is 0.118. The van der Waals surface area contributed by atoms with E-state index in [-0.39, 0.29) is 5.75 Å². The van der Waals surface area contributed by atoms with E-state index in [2.05, 4.69) is 6.92 Å². The van der Waals surface area contributed by atoms with Crippen LogP contribution < -0.4 is 0 Å². The van der Waals surface area contributed by atoms with Gasteiger partial charge in [-0.15, -0.1) is 0 Å². The molecule has 2 aromatic carbocycles. The molecule has 0 aliphatic carbocycles. The van der Waals surface area contributed by atoms with Crippen molar-refractivity contribution in [3.05, 3.63) is 67.8 Å². The van der Waals surface area contributed by atoms with Crippen LogP contribution in [-0.4, -0.2) is 14.2 Å². The van der Waals surface area contributed by atoms with Crippen LogP contribution in [0.15, 0.2) is 60.7 Å². The molecule has 0 atom stereocenters. The second-order valence-corrected chi connectivity index (χ2v) is 12.6. The van der Waals surface area contributed by atoms with E-state index in [4.69, 9.17) is 2.51 Å². The first-order valence-electron chi connectivity index (χ1n) is 8.85. The van der Waals surface area contributed by atoms with Gasteiger partial charge in [0.05, 0.1) is 0 Å². The van der Waals surface area contributed by atoms with Gasteiger partial charge in [-0.2, -0.15) is 0 Å². The Morgan fingerprint density at radius 3 is 1.76 bits per heavy atom. The van der Waals surface area contributed by atoms with Gasteiger partial charge in [0.15, 0.2) is 0 Å². The Labute approximate surface area is 159 Å². The number of benzene rings is 2. The molecule has 0 saturated carbocycles. The van der Waals surface area contributed by atoms with Crippen LogP contribution in [0.2, 0.25) is 0 Å². The quantitative estimate of drug-likeness (QED) is 0.303. The zero-order valence-electron chi connectivity index (χ0n) is 14.7. The maximum absolute atomic E-state index is 12.5. The van der Waals surface area contributed by atoms with E-state index in [9.17, 15) is 8.42 Å². The molecule has 0 radical (unpaired) electrons. The fourth-order valence-electron chi connectivity index (χ4n) is 2.44. The topological polar surface area (TPSA) is 43.4 Å². The van der Waals surface area contributed by atoms with Gasteiger partial charge in [0.25, 0.3) is 0 Å². The van der Waals surface area contributed by atoms with Crippen LogP contribution in [0, 0.1) is 7.14 Å². The molecular formula is C20H27IO3S. The molecule has 0 spiro atoms. The van der Waals surface area contributed by atoms with Gasteiger partial charge < -0.3 is 0 Å². The summed E-state index contributed by atoms with van der Waals surface area (Å²) < 4.78 is 32.8. The van der Waals surface area contributed by atoms with Crippen molar-refractivity contribution in [1.82, 2.24) is 0 Å². The summed E-state index contributed by atoms with van der Waals surface area (Å²) in [5.41, 5.74) is 0. The summed E-state index contributed by atoms with van der Waals surface area (Å²) in [5, 5.41) is 0. The van der Waals surface area contributed by atoms with E-state index in [0.717, 1.165) is 20.0 Å². The molecule has 0 bridgehead atoms. The van der Waals surface area contributed by atoms with Crippen LogP contribution >= 0.6 is 20.2 Å². The Morgan fingerprint density at radius 2 is 1.24 bits per heavy atom. The van der Waals surface area contributed by atoms with Gasteiger partial charge in [-0.3, -0.25) is 0 Å². The van der Waals surface area contributed by atoms with Gasteiger partial charge in [-0.1, -0.05) is 0 Å². The number of hydrogen-bond acceptors (Lipinski definition) is 3. The van der Waals surface area contributed by atoms with Crippen LogP contribution in [0.25, 0.3) is 0 Å². The van der Waals surface area contributed by atoms with Crippen LogP contribution in [-0.2, 0) is 12.6 Å². The molecule has 0 N–H and O–H groups in total. The van der Waals surface area contributed by atoms with Crippen molar-refractivity contribution >= 4 is 30.4 Å². The van der Waals surface area contributed by atoms with Crippen LogP contribution in [0.4, 0.5) is 0 Å². The summed E-state index contributed by atoms with van der Waals surface area (Å²) in [6.07, 6.45) is 6.34. The van der Waals surface area contributed by atoms with E-state index < -0.39 is 30.4 Å². The number of rotatable bonds is 11. The molecule has 138 valence electrons. The van der Waals surface area contributed by atoms with Crippen molar-refractivity contribution in [2.24, 2.45) is 0 Å². The molecule has 0 fully saturated rings. The Kier molecular flexibility index (Phi) is 8.92. The average molecular weight is 474 g/mol. The van der Waals surface area contributed by atoms with Gasteiger partial charge in [0, 0.05) is 0 Å². The SMILES string of the molecule is CCCCCCCCS(=O)(=O)OI(c1ccccc1)c1ccccc1. The summed E-state index contributed by atoms with van der Waals surface area (Å²) in [6.45, 7) is 2.18. The standard InChI is InChI=1S/C20H27IO3S/c1-2-3-4-5-6-13-18-25(22,23)24-21(19-14-9-7-10-15-19)20-16-11-8-12-17-20/h7-12,14-17H,2-6,13,18H2,1H3. The molecule has 2 rings (SSSR count). The first kappa shape index (κ1) is 20.4. The summed E-state index contributed by atoms with van der Waals surface area (Å²) in [5.74, 6) is 0.118. The van der Waals surface area contributed by atoms with Gasteiger partial charge in [-0.05, 0) is 0 Å². The number of unbranched alkanes of at least 4 members (excludes halogenated alkanes) is 5. The van der Waals surface area contributed by atoms with Crippen LogP contribution in [0.1, 0.15) is 45.4 Å². The Balaban J connectivity index is 2.01. The van der Waals surface area contributed by atoms with Crippen molar-refractivity contribution in [3.8, 4) is 0 Å². The molecule has 2 aromatic rings. The summed E-state index contributed by atoms with van der Waals surface area (Å²) >= 11 is -2.44. The predicted molar refractivity (Wildman–Crippen MR) is 113 cm³/mol. The van der Waals surface area contributed by atoms with Crippen molar-refractivity contribution in [2.45, 2.75) is 45.4 Å². The molecule has 3 nitrogen and oxygen atoms in total. The Bertz CT molecular complexity index is 663. The minimum atomic E-state index is -3.50. The average Bonchev–Trinajstić information content (AvgIpc) is 2.64. The van der Waals surface area contributed by atoms with Gasteiger partial charge in [0.1, 0.15) is 0 Å². The fraction of sp³-hybridized carbons (Fsp3) is 0.400. The van der Waals surface area contributed by atoms with Crippen LogP contribution in [0.3, 0.4) is 0 Å². The molecular weight excluding hydrogens is 447 g/mol. The second-order valence-electron chi connectivity index (χ2n) is 5.93. The summed E-state index contributed by atoms with van der Waals surface area (Å²) in [7, 11) is -3.50. The van der Waals surface area contributed by atoms with E-state index in [1.54, 1.807) is 0 Å². The third-order valence-electron chi connectivity index (χ3n) is 3.77. The van der Waals surface area contributed by atoms with Crippen molar-refractivity contribution < 1.29 is 10.9 Å². The summed E-state index contributed by atoms with van der Waals surface area (Å²) in [6, 6.07) is 19.5. The van der Waals surface area contributed by atoms with E-state index in [1.165, 1.54) is 19.3 Å². The molecule has 0 heterocycles. The van der Waals surface area contributed by atoms with Gasteiger partial charge >= 0.3 is 160 Å². The molecule has 5 heteroatoms. The maximum atomic E-state index is 12.5. The third kappa shape index (κ3) is 7.46. The third-order valence-corrected chi connectivity index (χ3v) is 11.3. The fourth-order valence-corrected chi connectivity index (χ4v) is 9.69. The van der Waals surface area contributed by atoms with E-state index in [1.807, 2.05) is 60.7 Å². The molecule has 0 amide bonds. The van der Waals surface area contributed by atoms with Gasteiger partial charge in [0.2, 0.25) is 0 Å². The van der Waals surface area contributed by atoms with E-state index >= 15 is 0 Å².